The van der Waals surface area contributed by atoms with E-state index in [0.717, 1.165) is 12.1 Å². The van der Waals surface area contributed by atoms with Crippen LogP contribution in [0.3, 0.4) is 0 Å². The molecular formula is C10H15NO2S. The van der Waals surface area contributed by atoms with Crippen molar-refractivity contribution in [2.75, 3.05) is 11.9 Å². The molecule has 1 N–H and O–H groups in total. The molecule has 1 atom stereocenters. The third-order valence-electron chi connectivity index (χ3n) is 2.46. The van der Waals surface area contributed by atoms with Gasteiger partial charge in [-0.2, -0.15) is 0 Å². The largest absolute Gasteiger partial charge is 0.477 e. The SMILES string of the molecule is CCC(C)N(C)c1csc(C(=O)O)c1. The Kier molecular flexibility index (Phi) is 3.52. The Labute approximate surface area is 88.0 Å². The normalized spacial score (nSPS) is 12.5. The van der Waals surface area contributed by atoms with Crippen molar-refractivity contribution in [1.82, 2.24) is 0 Å². The number of aromatic carboxylic acids is 1. The summed E-state index contributed by atoms with van der Waals surface area (Å²) >= 11 is 1.27. The van der Waals surface area contributed by atoms with Crippen LogP contribution in [0.1, 0.15) is 29.9 Å². The van der Waals surface area contributed by atoms with Crippen LogP contribution in [0.5, 0.6) is 0 Å². The molecule has 1 rings (SSSR count). The van der Waals surface area contributed by atoms with Crippen molar-refractivity contribution in [3.63, 3.8) is 0 Å². The van der Waals surface area contributed by atoms with Gasteiger partial charge in [-0.05, 0) is 19.4 Å². The number of rotatable bonds is 4. The Morgan fingerprint density at radius 1 is 1.71 bits per heavy atom. The lowest BCUT2D eigenvalue weighted by molar-refractivity contribution is 0.0702. The fourth-order valence-corrected chi connectivity index (χ4v) is 1.92. The zero-order valence-corrected chi connectivity index (χ0v) is 9.47. The van der Waals surface area contributed by atoms with Gasteiger partial charge in [0.1, 0.15) is 4.88 Å². The first-order valence-corrected chi connectivity index (χ1v) is 5.48. The molecule has 0 saturated heterocycles. The molecule has 1 heterocycles. The number of carbonyl (C=O) groups is 1. The summed E-state index contributed by atoms with van der Waals surface area (Å²) < 4.78 is 0. The molecule has 3 nitrogen and oxygen atoms in total. The second kappa shape index (κ2) is 4.46. The summed E-state index contributed by atoms with van der Waals surface area (Å²) in [4.78, 5) is 13.2. The molecule has 0 aliphatic heterocycles. The number of hydrogen-bond acceptors (Lipinski definition) is 3. The monoisotopic (exact) mass is 213 g/mol. The predicted molar refractivity (Wildman–Crippen MR) is 59.4 cm³/mol. The van der Waals surface area contributed by atoms with Crippen molar-refractivity contribution in [2.45, 2.75) is 26.3 Å². The van der Waals surface area contributed by atoms with E-state index in [2.05, 4.69) is 18.7 Å². The molecule has 0 amide bonds. The lowest BCUT2D eigenvalue weighted by Gasteiger charge is -2.24. The Morgan fingerprint density at radius 2 is 2.36 bits per heavy atom. The first-order valence-electron chi connectivity index (χ1n) is 4.61. The van der Waals surface area contributed by atoms with Gasteiger partial charge >= 0.3 is 5.97 Å². The summed E-state index contributed by atoms with van der Waals surface area (Å²) in [6.45, 7) is 4.24. The van der Waals surface area contributed by atoms with Gasteiger partial charge in [0.25, 0.3) is 0 Å². The second-order valence-electron chi connectivity index (χ2n) is 3.34. The Balaban J connectivity index is 2.81. The summed E-state index contributed by atoms with van der Waals surface area (Å²) in [6.07, 6.45) is 1.05. The van der Waals surface area contributed by atoms with Crippen LogP contribution < -0.4 is 4.90 Å². The third-order valence-corrected chi connectivity index (χ3v) is 3.36. The van der Waals surface area contributed by atoms with E-state index in [0.29, 0.717) is 10.9 Å². The van der Waals surface area contributed by atoms with Crippen LogP contribution >= 0.6 is 11.3 Å². The molecule has 0 aliphatic carbocycles. The van der Waals surface area contributed by atoms with Crippen LogP contribution in [0.15, 0.2) is 11.4 Å². The van der Waals surface area contributed by atoms with Gasteiger partial charge in [-0.1, -0.05) is 6.92 Å². The van der Waals surface area contributed by atoms with Crippen molar-refractivity contribution in [1.29, 1.82) is 0 Å². The highest BCUT2D eigenvalue weighted by molar-refractivity contribution is 7.12. The maximum atomic E-state index is 10.7. The molecule has 0 fully saturated rings. The summed E-state index contributed by atoms with van der Waals surface area (Å²) in [6, 6.07) is 2.16. The van der Waals surface area contributed by atoms with E-state index in [1.54, 1.807) is 6.07 Å². The van der Waals surface area contributed by atoms with Crippen molar-refractivity contribution in [2.24, 2.45) is 0 Å². The lowest BCUT2D eigenvalue weighted by Crippen LogP contribution is -2.27. The van der Waals surface area contributed by atoms with E-state index in [1.165, 1.54) is 11.3 Å². The molecular weight excluding hydrogens is 198 g/mol. The van der Waals surface area contributed by atoms with Gasteiger partial charge in [-0.15, -0.1) is 11.3 Å². The number of thiophene rings is 1. The van der Waals surface area contributed by atoms with E-state index in [4.69, 9.17) is 5.11 Å². The average molecular weight is 213 g/mol. The van der Waals surface area contributed by atoms with Crippen molar-refractivity contribution in [3.05, 3.63) is 16.3 Å². The minimum atomic E-state index is -0.848. The van der Waals surface area contributed by atoms with E-state index >= 15 is 0 Å². The molecule has 78 valence electrons. The molecule has 0 spiro atoms. The molecule has 14 heavy (non-hydrogen) atoms. The highest BCUT2D eigenvalue weighted by Crippen LogP contribution is 2.24. The van der Waals surface area contributed by atoms with Gasteiger partial charge in [0, 0.05) is 24.2 Å². The van der Waals surface area contributed by atoms with Crippen LogP contribution in [0.4, 0.5) is 5.69 Å². The first-order chi connectivity index (χ1) is 6.56. The minimum Gasteiger partial charge on any atom is -0.477 e. The fourth-order valence-electron chi connectivity index (χ4n) is 1.15. The topological polar surface area (TPSA) is 40.5 Å². The fraction of sp³-hybridized carbons (Fsp3) is 0.500. The maximum Gasteiger partial charge on any atom is 0.345 e. The molecule has 4 heteroatoms. The van der Waals surface area contributed by atoms with Gasteiger partial charge in [-0.25, -0.2) is 4.79 Å². The highest BCUT2D eigenvalue weighted by Gasteiger charge is 2.12. The Bertz CT molecular complexity index is 322. The molecule has 0 bridgehead atoms. The smallest absolute Gasteiger partial charge is 0.345 e. The Hall–Kier alpha value is -1.03. The van der Waals surface area contributed by atoms with Crippen molar-refractivity contribution < 1.29 is 9.90 Å². The van der Waals surface area contributed by atoms with Crippen LogP contribution in [-0.2, 0) is 0 Å². The van der Waals surface area contributed by atoms with E-state index in [-0.39, 0.29) is 0 Å². The second-order valence-corrected chi connectivity index (χ2v) is 4.25. The van der Waals surface area contributed by atoms with Gasteiger partial charge in [0.2, 0.25) is 0 Å². The third kappa shape index (κ3) is 2.26. The lowest BCUT2D eigenvalue weighted by atomic mass is 10.2. The van der Waals surface area contributed by atoms with E-state index < -0.39 is 5.97 Å². The number of hydrogen-bond donors (Lipinski definition) is 1. The summed E-state index contributed by atoms with van der Waals surface area (Å²) in [5, 5.41) is 10.7. The number of nitrogens with zero attached hydrogens (tertiary/aromatic N) is 1. The Morgan fingerprint density at radius 3 is 2.79 bits per heavy atom. The molecule has 1 aromatic heterocycles. The molecule has 0 aliphatic rings. The van der Waals surface area contributed by atoms with Gasteiger partial charge in [-0.3, -0.25) is 0 Å². The molecule has 1 aromatic rings. The number of carboxylic acids is 1. The van der Waals surface area contributed by atoms with Crippen molar-refractivity contribution >= 4 is 23.0 Å². The average Bonchev–Trinajstić information content (AvgIpc) is 2.64. The number of anilines is 1. The van der Waals surface area contributed by atoms with Crippen LogP contribution in [-0.4, -0.2) is 24.2 Å². The quantitative estimate of drug-likeness (QED) is 0.836. The molecule has 0 radical (unpaired) electrons. The van der Waals surface area contributed by atoms with Gasteiger partial charge in [0.15, 0.2) is 0 Å². The van der Waals surface area contributed by atoms with E-state index in [9.17, 15) is 4.79 Å². The van der Waals surface area contributed by atoms with Crippen molar-refractivity contribution in [3.8, 4) is 0 Å². The van der Waals surface area contributed by atoms with Crippen LogP contribution in [0.2, 0.25) is 0 Å². The number of carboxylic acid groups (broad SMARTS) is 1. The zero-order valence-electron chi connectivity index (χ0n) is 8.65. The minimum absolute atomic E-state index is 0.398. The first kappa shape index (κ1) is 11.0. The predicted octanol–water partition coefficient (Wildman–Crippen LogP) is 2.68. The molecule has 0 saturated carbocycles. The van der Waals surface area contributed by atoms with Crippen LogP contribution in [0, 0.1) is 0 Å². The van der Waals surface area contributed by atoms with E-state index in [1.807, 2.05) is 12.4 Å². The highest BCUT2D eigenvalue weighted by atomic mass is 32.1. The summed E-state index contributed by atoms with van der Waals surface area (Å²) in [7, 11) is 1.99. The van der Waals surface area contributed by atoms with Crippen LogP contribution in [0.25, 0.3) is 0 Å². The molecule has 1 unspecified atom stereocenters. The standard InChI is InChI=1S/C10H15NO2S/c1-4-7(2)11(3)8-5-9(10(12)13)14-6-8/h5-7H,4H2,1-3H3,(H,12,13). The summed E-state index contributed by atoms with van der Waals surface area (Å²) in [5.41, 5.74) is 0.988. The van der Waals surface area contributed by atoms with Gasteiger partial charge in [0.05, 0.1) is 0 Å². The molecule has 0 aromatic carbocycles. The summed E-state index contributed by atoms with van der Waals surface area (Å²) in [5.74, 6) is -0.848. The zero-order chi connectivity index (χ0) is 10.7. The van der Waals surface area contributed by atoms with Gasteiger partial charge < -0.3 is 10.0 Å². The maximum absolute atomic E-state index is 10.7.